The van der Waals surface area contributed by atoms with Crippen molar-refractivity contribution in [2.24, 2.45) is 5.73 Å². The first-order chi connectivity index (χ1) is 4.04. The van der Waals surface area contributed by atoms with Crippen LogP contribution in [0.2, 0.25) is 0 Å². The average molecular weight is 147 g/mol. The molecule has 1 unspecified atom stereocenters. The highest BCUT2D eigenvalue weighted by atomic mass is 16.4. The minimum atomic E-state index is -1.29. The fourth-order valence-electron chi connectivity index (χ4n) is 0.275. The Bertz CT molecular complexity index is 137. The minimum absolute atomic E-state index is 0. The summed E-state index contributed by atoms with van der Waals surface area (Å²) < 4.78 is 0. The second kappa shape index (κ2) is 4.81. The molecule has 0 fully saturated rings. The van der Waals surface area contributed by atoms with Crippen LogP contribution in [-0.2, 0) is 9.59 Å². The molecule has 0 aliphatic rings. The van der Waals surface area contributed by atoms with Gasteiger partial charge in [-0.15, -0.1) is 0 Å². The normalized spacial score (nSPS) is 11.3. The molecule has 4 N–H and O–H groups in total. The van der Waals surface area contributed by atoms with E-state index in [1.807, 2.05) is 0 Å². The first kappa shape index (κ1) is 11.7. The van der Waals surface area contributed by atoms with Crippen molar-refractivity contribution in [2.75, 3.05) is 0 Å². The molecule has 0 heterocycles. The third-order valence-corrected chi connectivity index (χ3v) is 0.712. The molecular formula is C4H10BNO4. The SMILES string of the molecule is B.NC(CC(=O)O)C(=O)O. The zero-order valence-corrected chi connectivity index (χ0v) is 4.57. The molecule has 0 saturated heterocycles. The van der Waals surface area contributed by atoms with Gasteiger partial charge < -0.3 is 15.9 Å². The van der Waals surface area contributed by atoms with Gasteiger partial charge in [0.15, 0.2) is 0 Å². The van der Waals surface area contributed by atoms with E-state index in [0.717, 1.165) is 0 Å². The van der Waals surface area contributed by atoms with Crippen LogP contribution in [-0.4, -0.2) is 36.6 Å². The predicted octanol–water partition coefficient (Wildman–Crippen LogP) is -2.31. The van der Waals surface area contributed by atoms with Crippen LogP contribution in [0.15, 0.2) is 0 Å². The summed E-state index contributed by atoms with van der Waals surface area (Å²) in [6, 6.07) is -1.29. The van der Waals surface area contributed by atoms with Gasteiger partial charge in [0.1, 0.15) is 6.04 Å². The first-order valence-corrected chi connectivity index (χ1v) is 2.24. The quantitative estimate of drug-likeness (QED) is 0.389. The zero-order valence-electron chi connectivity index (χ0n) is 4.57. The monoisotopic (exact) mass is 147 g/mol. The van der Waals surface area contributed by atoms with Gasteiger partial charge in [-0.25, -0.2) is 0 Å². The second-order valence-corrected chi connectivity index (χ2v) is 1.54. The van der Waals surface area contributed by atoms with Crippen molar-refractivity contribution in [1.29, 1.82) is 0 Å². The molecule has 0 spiro atoms. The highest BCUT2D eigenvalue weighted by molar-refractivity contribution is 5.80. The molecule has 5 nitrogen and oxygen atoms in total. The van der Waals surface area contributed by atoms with Crippen LogP contribution >= 0.6 is 0 Å². The van der Waals surface area contributed by atoms with E-state index in [0.29, 0.717) is 0 Å². The Hall–Kier alpha value is -1.04. The molecule has 0 radical (unpaired) electrons. The fraction of sp³-hybridized carbons (Fsp3) is 0.500. The standard InChI is InChI=1S/C4H7NO4.BH3/c5-2(4(8)9)1-3(6)7;/h2H,1,5H2,(H,6,7)(H,8,9);1H3. The lowest BCUT2D eigenvalue weighted by Gasteiger charge is -1.99. The molecule has 58 valence electrons. The molecule has 0 aromatic heterocycles. The van der Waals surface area contributed by atoms with E-state index in [2.05, 4.69) is 0 Å². The molecule has 10 heavy (non-hydrogen) atoms. The van der Waals surface area contributed by atoms with Crippen LogP contribution in [0.1, 0.15) is 6.42 Å². The van der Waals surface area contributed by atoms with Gasteiger partial charge in [0.05, 0.1) is 14.8 Å². The van der Waals surface area contributed by atoms with Gasteiger partial charge in [0, 0.05) is 0 Å². The Balaban J connectivity index is 0. The molecule has 0 aromatic rings. The summed E-state index contributed by atoms with van der Waals surface area (Å²) in [4.78, 5) is 19.6. The maximum Gasteiger partial charge on any atom is 0.321 e. The molecule has 1 atom stereocenters. The Kier molecular flexibility index (Phi) is 5.64. The summed E-state index contributed by atoms with van der Waals surface area (Å²) in [5.74, 6) is -2.50. The first-order valence-electron chi connectivity index (χ1n) is 2.24. The van der Waals surface area contributed by atoms with E-state index < -0.39 is 24.4 Å². The Morgan fingerprint density at radius 1 is 1.40 bits per heavy atom. The molecular weight excluding hydrogens is 137 g/mol. The summed E-state index contributed by atoms with van der Waals surface area (Å²) >= 11 is 0. The van der Waals surface area contributed by atoms with Crippen LogP contribution in [0.3, 0.4) is 0 Å². The van der Waals surface area contributed by atoms with Crippen LogP contribution < -0.4 is 5.73 Å². The maximum absolute atomic E-state index is 9.85. The fourth-order valence-corrected chi connectivity index (χ4v) is 0.275. The molecule has 0 saturated carbocycles. The lowest BCUT2D eigenvalue weighted by atomic mass is 10.2. The second-order valence-electron chi connectivity index (χ2n) is 1.54. The van der Waals surface area contributed by atoms with E-state index in [4.69, 9.17) is 15.9 Å². The summed E-state index contributed by atoms with van der Waals surface area (Å²) in [7, 11) is 0. The molecule has 0 aliphatic carbocycles. The van der Waals surface area contributed by atoms with Crippen molar-refractivity contribution in [2.45, 2.75) is 12.5 Å². The third kappa shape index (κ3) is 5.11. The van der Waals surface area contributed by atoms with Crippen molar-refractivity contribution in [3.63, 3.8) is 0 Å². The molecule has 0 aromatic carbocycles. The average Bonchev–Trinajstić information content (AvgIpc) is 1.63. The number of aliphatic carboxylic acids is 2. The highest BCUT2D eigenvalue weighted by Gasteiger charge is 2.14. The number of carboxylic acids is 2. The van der Waals surface area contributed by atoms with E-state index in [1.54, 1.807) is 0 Å². The van der Waals surface area contributed by atoms with Crippen molar-refractivity contribution in [1.82, 2.24) is 0 Å². The van der Waals surface area contributed by atoms with Gasteiger partial charge in [-0.1, -0.05) is 0 Å². The van der Waals surface area contributed by atoms with E-state index in [-0.39, 0.29) is 8.41 Å². The van der Waals surface area contributed by atoms with Gasteiger partial charge in [-0.05, 0) is 0 Å². The van der Waals surface area contributed by atoms with Crippen LogP contribution in [0.25, 0.3) is 0 Å². The van der Waals surface area contributed by atoms with Crippen LogP contribution in [0, 0.1) is 0 Å². The number of nitrogens with two attached hydrogens (primary N) is 1. The van der Waals surface area contributed by atoms with E-state index >= 15 is 0 Å². The van der Waals surface area contributed by atoms with Crippen molar-refractivity contribution in [3.05, 3.63) is 0 Å². The summed E-state index contributed by atoms with van der Waals surface area (Å²) in [5.41, 5.74) is 4.84. The number of hydrogen-bond acceptors (Lipinski definition) is 3. The minimum Gasteiger partial charge on any atom is -0.481 e. The van der Waals surface area contributed by atoms with Crippen LogP contribution in [0.4, 0.5) is 0 Å². The number of hydrogen-bond donors (Lipinski definition) is 3. The summed E-state index contributed by atoms with van der Waals surface area (Å²) in [6.45, 7) is 0. The van der Waals surface area contributed by atoms with Gasteiger partial charge in [0.2, 0.25) is 0 Å². The Labute approximate surface area is 59.4 Å². The zero-order chi connectivity index (χ0) is 7.44. The number of rotatable bonds is 3. The van der Waals surface area contributed by atoms with E-state index in [9.17, 15) is 9.59 Å². The summed E-state index contributed by atoms with van der Waals surface area (Å²) in [6.07, 6.45) is -0.532. The smallest absolute Gasteiger partial charge is 0.321 e. The molecule has 0 aliphatic heterocycles. The molecule has 0 rings (SSSR count). The van der Waals surface area contributed by atoms with Crippen molar-refractivity contribution in [3.8, 4) is 0 Å². The topological polar surface area (TPSA) is 101 Å². The van der Waals surface area contributed by atoms with Crippen molar-refractivity contribution < 1.29 is 19.8 Å². The lowest BCUT2D eigenvalue weighted by molar-refractivity contribution is -0.144. The highest BCUT2D eigenvalue weighted by Crippen LogP contribution is 1.86. The largest absolute Gasteiger partial charge is 0.481 e. The number of carboxylic acid groups (broad SMARTS) is 2. The van der Waals surface area contributed by atoms with E-state index in [1.165, 1.54) is 0 Å². The molecule has 0 bridgehead atoms. The van der Waals surface area contributed by atoms with Gasteiger partial charge >= 0.3 is 11.9 Å². The van der Waals surface area contributed by atoms with Gasteiger partial charge in [-0.2, -0.15) is 0 Å². The van der Waals surface area contributed by atoms with Crippen molar-refractivity contribution >= 4 is 20.4 Å². The Morgan fingerprint density at radius 2 is 1.80 bits per heavy atom. The predicted molar refractivity (Wildman–Crippen MR) is 37.8 cm³/mol. The lowest BCUT2D eigenvalue weighted by Crippen LogP contribution is -2.32. The third-order valence-electron chi connectivity index (χ3n) is 0.712. The molecule has 6 heteroatoms. The molecule has 0 amide bonds. The Morgan fingerprint density at radius 3 is 1.90 bits per heavy atom. The van der Waals surface area contributed by atoms with Gasteiger partial charge in [0.25, 0.3) is 0 Å². The summed E-state index contributed by atoms with van der Waals surface area (Å²) in [5, 5.41) is 16.0. The van der Waals surface area contributed by atoms with Crippen LogP contribution in [0.5, 0.6) is 0 Å². The maximum atomic E-state index is 9.85. The number of carbonyl (C=O) groups is 2. The van der Waals surface area contributed by atoms with Gasteiger partial charge in [-0.3, -0.25) is 9.59 Å².